The van der Waals surface area contributed by atoms with Gasteiger partial charge in [0.1, 0.15) is 11.4 Å². The van der Waals surface area contributed by atoms with Gasteiger partial charge in [-0.2, -0.15) is 0 Å². The number of likely N-dealkylation sites (tertiary alicyclic amines) is 1. The third-order valence-corrected chi connectivity index (χ3v) is 7.44. The molecule has 4 rings (SSSR count). The van der Waals surface area contributed by atoms with E-state index < -0.39 is 9.84 Å². The van der Waals surface area contributed by atoms with E-state index in [2.05, 4.69) is 30.7 Å². The van der Waals surface area contributed by atoms with Gasteiger partial charge in [0.15, 0.2) is 0 Å². The van der Waals surface area contributed by atoms with Crippen molar-refractivity contribution < 1.29 is 13.2 Å². The van der Waals surface area contributed by atoms with Crippen LogP contribution in [0, 0.1) is 0 Å². The third-order valence-electron chi connectivity index (χ3n) is 5.67. The lowest BCUT2D eigenvalue weighted by Crippen LogP contribution is -2.53. The molecule has 0 aromatic heterocycles. The molecule has 2 aliphatic heterocycles. The summed E-state index contributed by atoms with van der Waals surface area (Å²) in [5, 5.41) is 0. The van der Waals surface area contributed by atoms with E-state index in [1.807, 2.05) is 12.1 Å². The number of hydrogen-bond donors (Lipinski definition) is 0. The molecule has 0 amide bonds. The molecule has 0 radical (unpaired) electrons. The van der Waals surface area contributed by atoms with Crippen LogP contribution >= 0.6 is 0 Å². The van der Waals surface area contributed by atoms with Crippen LogP contribution in [-0.2, 0) is 9.84 Å². The summed E-state index contributed by atoms with van der Waals surface area (Å²) in [4.78, 5) is 5.36. The van der Waals surface area contributed by atoms with E-state index in [4.69, 9.17) is 4.74 Å². The van der Waals surface area contributed by atoms with E-state index >= 15 is 0 Å². The lowest BCUT2D eigenvalue weighted by molar-refractivity contribution is 0.0970. The maximum atomic E-state index is 13.0. The normalized spacial score (nSPS) is 20.5. The van der Waals surface area contributed by atoms with Crippen LogP contribution in [-0.4, -0.2) is 51.6 Å². The summed E-state index contributed by atoms with van der Waals surface area (Å²) in [7, 11) is -1.40. The lowest BCUT2D eigenvalue weighted by Gasteiger charge is -2.46. The average molecular weight is 401 g/mol. The van der Waals surface area contributed by atoms with Gasteiger partial charge in [0.05, 0.1) is 22.0 Å². The number of ether oxygens (including phenoxy) is 1. The Bertz CT molecular complexity index is 949. The minimum atomic E-state index is -3.56. The van der Waals surface area contributed by atoms with Gasteiger partial charge < -0.3 is 14.5 Å². The topological polar surface area (TPSA) is 49.9 Å². The zero-order valence-electron chi connectivity index (χ0n) is 16.8. The fourth-order valence-electron chi connectivity index (χ4n) is 4.17. The van der Waals surface area contributed by atoms with Crippen LogP contribution in [0.2, 0.25) is 0 Å². The summed E-state index contributed by atoms with van der Waals surface area (Å²) in [6, 6.07) is 14.3. The van der Waals surface area contributed by atoms with E-state index in [0.29, 0.717) is 16.7 Å². The monoisotopic (exact) mass is 400 g/mol. The molecule has 5 nitrogen and oxygen atoms in total. The Labute approximate surface area is 167 Å². The van der Waals surface area contributed by atoms with Crippen molar-refractivity contribution in [3.05, 3.63) is 48.5 Å². The van der Waals surface area contributed by atoms with Gasteiger partial charge in [-0.05, 0) is 71.1 Å². The number of benzene rings is 2. The molecule has 150 valence electrons. The maximum absolute atomic E-state index is 13.0. The number of fused-ring (bicyclic) bond motifs is 1. The van der Waals surface area contributed by atoms with E-state index in [1.165, 1.54) is 0 Å². The molecule has 0 atom stereocenters. The van der Waals surface area contributed by atoms with E-state index in [1.54, 1.807) is 36.4 Å². The summed E-state index contributed by atoms with van der Waals surface area (Å²) in [5.74, 6) is 0.659. The summed E-state index contributed by atoms with van der Waals surface area (Å²) >= 11 is 0. The molecule has 1 fully saturated rings. The first-order valence-corrected chi connectivity index (χ1v) is 11.3. The summed E-state index contributed by atoms with van der Waals surface area (Å²) in [6.07, 6.45) is 2.21. The van der Waals surface area contributed by atoms with Crippen LogP contribution in [0.3, 0.4) is 0 Å². The van der Waals surface area contributed by atoms with Crippen molar-refractivity contribution in [3.63, 3.8) is 0 Å². The molecule has 28 heavy (non-hydrogen) atoms. The molecule has 0 unspecified atom stereocenters. The van der Waals surface area contributed by atoms with Crippen LogP contribution in [0.1, 0.15) is 26.7 Å². The van der Waals surface area contributed by atoms with Gasteiger partial charge >= 0.3 is 0 Å². The van der Waals surface area contributed by atoms with Crippen molar-refractivity contribution in [1.82, 2.24) is 4.90 Å². The minimum absolute atomic E-state index is 0.276. The smallest absolute Gasteiger partial charge is 0.206 e. The van der Waals surface area contributed by atoms with Gasteiger partial charge in [-0.25, -0.2) is 8.42 Å². The highest BCUT2D eigenvalue weighted by Gasteiger charge is 2.36. The van der Waals surface area contributed by atoms with Gasteiger partial charge in [0.25, 0.3) is 0 Å². The lowest BCUT2D eigenvalue weighted by atomic mass is 9.97. The molecule has 0 aliphatic carbocycles. The minimum Gasteiger partial charge on any atom is -0.484 e. The summed E-state index contributed by atoms with van der Waals surface area (Å²) in [6.45, 7) is 7.10. The van der Waals surface area contributed by atoms with Crippen molar-refractivity contribution in [2.45, 2.75) is 48.1 Å². The standard InChI is InChI=1S/C22H28N2O3S/c1-22(2)16-24(17-11-13-23(3)14-12-17)20-10-9-19(15-21(20)27-22)28(25,26)18-7-5-4-6-8-18/h4-10,15,17H,11-14,16H2,1-3H3. The Kier molecular flexibility index (Phi) is 4.88. The van der Waals surface area contributed by atoms with Gasteiger partial charge in [0.2, 0.25) is 9.84 Å². The fraction of sp³-hybridized carbons (Fsp3) is 0.455. The quantitative estimate of drug-likeness (QED) is 0.788. The second kappa shape index (κ2) is 7.08. The Morgan fingerprint density at radius 2 is 1.68 bits per heavy atom. The number of rotatable bonds is 3. The van der Waals surface area contributed by atoms with Gasteiger partial charge in [-0.1, -0.05) is 18.2 Å². The Hall–Kier alpha value is -2.05. The van der Waals surface area contributed by atoms with E-state index in [9.17, 15) is 8.42 Å². The first kappa shape index (κ1) is 19.3. The van der Waals surface area contributed by atoms with Crippen LogP contribution in [0.4, 0.5) is 5.69 Å². The molecule has 1 saturated heterocycles. The molecule has 2 heterocycles. The highest BCUT2D eigenvalue weighted by atomic mass is 32.2. The highest BCUT2D eigenvalue weighted by molar-refractivity contribution is 7.91. The van der Waals surface area contributed by atoms with Crippen molar-refractivity contribution in [2.24, 2.45) is 0 Å². The summed E-state index contributed by atoms with van der Waals surface area (Å²) < 4.78 is 32.3. The Morgan fingerprint density at radius 1 is 1.00 bits per heavy atom. The Morgan fingerprint density at radius 3 is 2.36 bits per heavy atom. The van der Waals surface area contributed by atoms with E-state index in [-0.39, 0.29) is 10.5 Å². The summed E-state index contributed by atoms with van der Waals surface area (Å²) in [5.41, 5.74) is 0.631. The number of hydrogen-bond acceptors (Lipinski definition) is 5. The number of nitrogens with zero attached hydrogens (tertiary/aromatic N) is 2. The van der Waals surface area contributed by atoms with Crippen LogP contribution < -0.4 is 9.64 Å². The third kappa shape index (κ3) is 3.63. The Balaban J connectivity index is 1.71. The number of piperidine rings is 1. The molecular formula is C22H28N2O3S. The molecular weight excluding hydrogens is 372 g/mol. The predicted octanol–water partition coefficient (Wildman–Crippen LogP) is 3.59. The van der Waals surface area contributed by atoms with Gasteiger partial charge in [-0.3, -0.25) is 0 Å². The van der Waals surface area contributed by atoms with Crippen molar-refractivity contribution in [1.29, 1.82) is 0 Å². The van der Waals surface area contributed by atoms with Crippen LogP contribution in [0.25, 0.3) is 0 Å². The van der Waals surface area contributed by atoms with E-state index in [0.717, 1.165) is 38.2 Å². The van der Waals surface area contributed by atoms with Crippen molar-refractivity contribution in [3.8, 4) is 5.75 Å². The molecule has 0 N–H and O–H groups in total. The molecule has 0 spiro atoms. The SMILES string of the molecule is CN1CCC(N2CC(C)(C)Oc3cc(S(=O)(=O)c4ccccc4)ccc32)CC1. The van der Waals surface area contributed by atoms with Crippen molar-refractivity contribution in [2.75, 3.05) is 31.6 Å². The maximum Gasteiger partial charge on any atom is 0.206 e. The van der Waals surface area contributed by atoms with Crippen molar-refractivity contribution >= 4 is 15.5 Å². The molecule has 6 heteroatoms. The van der Waals surface area contributed by atoms with Gasteiger partial charge in [0, 0.05) is 12.1 Å². The zero-order chi connectivity index (χ0) is 19.9. The fourth-order valence-corrected chi connectivity index (χ4v) is 5.47. The molecule has 0 bridgehead atoms. The number of anilines is 1. The molecule has 2 aromatic carbocycles. The van der Waals surface area contributed by atoms with Crippen LogP contribution in [0.15, 0.2) is 58.3 Å². The van der Waals surface area contributed by atoms with Gasteiger partial charge in [-0.15, -0.1) is 0 Å². The zero-order valence-corrected chi connectivity index (χ0v) is 17.6. The largest absolute Gasteiger partial charge is 0.484 e. The molecule has 2 aromatic rings. The first-order chi connectivity index (χ1) is 13.3. The molecule has 0 saturated carbocycles. The molecule has 2 aliphatic rings. The predicted molar refractivity (Wildman–Crippen MR) is 111 cm³/mol. The number of sulfone groups is 1. The average Bonchev–Trinajstić information content (AvgIpc) is 2.67. The first-order valence-electron chi connectivity index (χ1n) is 9.85. The second-order valence-electron chi connectivity index (χ2n) is 8.47. The second-order valence-corrected chi connectivity index (χ2v) is 10.4. The highest BCUT2D eigenvalue weighted by Crippen LogP contribution is 2.41. The van der Waals surface area contributed by atoms with Crippen LogP contribution in [0.5, 0.6) is 5.75 Å².